The van der Waals surface area contributed by atoms with Crippen molar-refractivity contribution < 1.29 is 97.5 Å². The number of nitrogens with zero attached hydrogens (tertiary/aromatic N) is 6. The van der Waals surface area contributed by atoms with E-state index in [0.29, 0.717) is 68.9 Å². The van der Waals surface area contributed by atoms with Crippen LogP contribution in [-0.4, -0.2) is 128 Å². The second-order valence-corrected chi connectivity index (χ2v) is 21.2. The van der Waals surface area contributed by atoms with Crippen LogP contribution in [0.25, 0.3) is 0 Å². The molecular weight excluding hydrogens is 1360 g/mol. The van der Waals surface area contributed by atoms with Gasteiger partial charge in [-0.3, -0.25) is 19.4 Å². The molecule has 1 unspecified atom stereocenters. The van der Waals surface area contributed by atoms with Crippen molar-refractivity contribution in [1.82, 2.24) is 20.4 Å². The molecule has 0 spiro atoms. The molecule has 23 nitrogen and oxygen atoms in total. The molecule has 7 rings (SSSR count). The van der Waals surface area contributed by atoms with Crippen LogP contribution in [0.5, 0.6) is 17.6 Å². The average molecular weight is 1420 g/mol. The minimum atomic E-state index is -1.08. The predicted molar refractivity (Wildman–Crippen MR) is 314 cm³/mol. The summed E-state index contributed by atoms with van der Waals surface area (Å²) in [7, 11) is 5.61. The zero-order valence-corrected chi connectivity index (χ0v) is 56.0. The first-order chi connectivity index (χ1) is 37.2. The van der Waals surface area contributed by atoms with Crippen molar-refractivity contribution in [3.05, 3.63) is 66.9 Å². The summed E-state index contributed by atoms with van der Waals surface area (Å²) in [6.07, 6.45) is 14.0. The Morgan fingerprint density at radius 3 is 1.55 bits per heavy atom. The number of carbonyl (C=O) groups is 5. The number of alkyl halides is 1. The van der Waals surface area contributed by atoms with Crippen LogP contribution in [0, 0.1) is 17.8 Å². The predicted octanol–water partition coefficient (Wildman–Crippen LogP) is 4.46. The van der Waals surface area contributed by atoms with Crippen molar-refractivity contribution in [2.75, 3.05) is 46.5 Å². The topological polar surface area (TPSA) is 333 Å². The molecule has 1 aliphatic heterocycles. The first kappa shape index (κ1) is 78.1. The zero-order valence-electron chi connectivity index (χ0n) is 45.9. The third-order valence-electron chi connectivity index (χ3n) is 11.0. The molecule has 3 radical (unpaired) electrons. The molecule has 31 heteroatoms. The quantitative estimate of drug-likeness (QED) is 0.0268. The molecule has 1 atom stereocenters. The largest absolute Gasteiger partial charge is 1.00 e. The average Bonchev–Trinajstić information content (AvgIpc) is 4.28. The number of carboxylic acids is 1. The van der Waals surface area contributed by atoms with E-state index in [-0.39, 0.29) is 74.0 Å². The van der Waals surface area contributed by atoms with Gasteiger partial charge in [0.15, 0.2) is 29.9 Å². The van der Waals surface area contributed by atoms with Gasteiger partial charge in [-0.1, -0.05) is 76.6 Å². The molecule has 0 aromatic carbocycles. The van der Waals surface area contributed by atoms with Crippen molar-refractivity contribution in [2.45, 2.75) is 104 Å². The summed E-state index contributed by atoms with van der Waals surface area (Å²) in [5, 5.41) is 24.4. The minimum absolute atomic E-state index is 0. The van der Waals surface area contributed by atoms with Crippen LogP contribution < -0.4 is 65.8 Å². The zero-order chi connectivity index (χ0) is 58.6. The molecule has 0 saturated heterocycles. The van der Waals surface area contributed by atoms with Crippen molar-refractivity contribution in [3.63, 3.8) is 0 Å². The second kappa shape index (κ2) is 45.6. The van der Waals surface area contributed by atoms with E-state index in [1.807, 2.05) is 18.8 Å². The van der Waals surface area contributed by atoms with E-state index in [1.54, 1.807) is 31.4 Å². The van der Waals surface area contributed by atoms with Crippen LogP contribution in [0.2, 0.25) is 0 Å². The summed E-state index contributed by atoms with van der Waals surface area (Å²) in [4.78, 5) is 86.9. The Morgan fingerprint density at radius 2 is 1.14 bits per heavy atom. The van der Waals surface area contributed by atoms with Gasteiger partial charge >= 0.3 is 41.5 Å². The first-order valence-corrected chi connectivity index (χ1v) is 29.9. The maximum atomic E-state index is 11.8. The van der Waals surface area contributed by atoms with Crippen molar-refractivity contribution >= 4 is 138 Å². The van der Waals surface area contributed by atoms with Gasteiger partial charge in [-0.15, -0.1) is 0 Å². The number of amidine groups is 3. The van der Waals surface area contributed by atoms with Gasteiger partial charge in [0.1, 0.15) is 22.9 Å². The standard InChI is InChI=1S/C14H18BrN3O3.C14H18BrN3O2.C7H8BrN3O2.C7H11BrO.C4H6O4.C2H4O2.CH3PS.B.Na/c1-20-14-10(15)6-7-11(17-14)13(16)18-21-8-12(19)9-4-2-3-5-9;1-19-14-10(15)6-7-11(17-14)13-16-12(8-20-18-13)9-4-2-3-5-9;1-13-7-4(8)2-3-5(10-7)6(9)11-12;8-5-7(9)6-3-1-2-4-6;1-3(5)7-8-4(2)6;1-2(3)4;1-2-3;;/h6-7,9H,2-5,8H2,1H3,(H2,16,18);6-7,9,12H,2-5,8H2,1H3,(H,16,18);2-3,12H,1H3,(H2,9,11);6H,1-5H2;1-2H3;1H3,(H,3,4);1H3;;/q;;;;;;;;+1/p-1. The Labute approximate surface area is 531 Å². The summed E-state index contributed by atoms with van der Waals surface area (Å²) in [5.74, 6) is 1.39. The number of ketones is 2. The Kier molecular flexibility index (Phi) is 44.5. The molecule has 0 amide bonds. The number of aromatic nitrogens is 3. The Morgan fingerprint density at radius 1 is 0.738 bits per heavy atom. The molecule has 3 aliphatic carbocycles. The summed E-state index contributed by atoms with van der Waals surface area (Å²) in [6.45, 7) is 5.77. The number of halogens is 4. The van der Waals surface area contributed by atoms with Gasteiger partial charge in [-0.25, -0.2) is 39.8 Å². The van der Waals surface area contributed by atoms with E-state index in [9.17, 15) is 19.2 Å². The summed E-state index contributed by atoms with van der Waals surface area (Å²) in [6, 6.07) is 10.8. The summed E-state index contributed by atoms with van der Waals surface area (Å²) >= 11 is 17.5. The number of hydroxylamine groups is 1. The normalized spacial score (nSPS) is 15.5. The maximum absolute atomic E-state index is 11.8. The van der Waals surface area contributed by atoms with Gasteiger partial charge in [0, 0.05) is 40.1 Å². The van der Waals surface area contributed by atoms with E-state index < -0.39 is 17.9 Å². The smallest absolute Gasteiger partial charge is 0.550 e. The van der Waals surface area contributed by atoms with Gasteiger partial charge < -0.3 is 45.6 Å². The molecule has 4 aliphatic rings. The molecule has 4 heterocycles. The summed E-state index contributed by atoms with van der Waals surface area (Å²) < 4.78 is 17.5. The fourth-order valence-corrected chi connectivity index (χ4v) is 8.95. The Hall–Kier alpha value is -3.93. The van der Waals surface area contributed by atoms with Crippen LogP contribution in [-0.2, 0) is 55.2 Å². The van der Waals surface area contributed by atoms with Crippen molar-refractivity contribution in [1.29, 1.82) is 0 Å². The number of methoxy groups -OCH3 is 3. The molecule has 0 bridgehead atoms. The molecule has 3 aromatic rings. The number of oxime groups is 2. The van der Waals surface area contributed by atoms with Gasteiger partial charge in [-0.05, 0) is 150 Å². The summed E-state index contributed by atoms with van der Waals surface area (Å²) in [5.41, 5.74) is 15.5. The van der Waals surface area contributed by atoms with Gasteiger partial charge in [-0.2, -0.15) is 0 Å². The van der Waals surface area contributed by atoms with E-state index in [1.165, 1.54) is 52.7 Å². The fourth-order valence-electron chi connectivity index (χ4n) is 7.35. The first-order valence-electron chi connectivity index (χ1n) is 24.1. The molecule has 435 valence electrons. The molecular formula is C49H67BBr4N9NaO14PS. The maximum Gasteiger partial charge on any atom is 1.00 e. The Bertz CT molecular complexity index is 2460. The van der Waals surface area contributed by atoms with E-state index in [0.717, 1.165) is 81.3 Å². The number of Topliss-reactive ketones (excluding diaryl/α,β-unsaturated/α-hetero) is 2. The van der Waals surface area contributed by atoms with Gasteiger partial charge in [0.25, 0.3) is 0 Å². The van der Waals surface area contributed by atoms with Gasteiger partial charge in [0.05, 0.1) is 52.7 Å². The number of nitrogens with one attached hydrogen (secondary N) is 1. The van der Waals surface area contributed by atoms with E-state index in [2.05, 4.69) is 116 Å². The molecule has 3 saturated carbocycles. The van der Waals surface area contributed by atoms with Crippen LogP contribution >= 0.6 is 71.1 Å². The number of carboxylic acid groups (broad SMARTS) is 1. The monoisotopic (exact) mass is 1420 g/mol. The number of rotatable bonds is 13. The number of ether oxygens (including phenoxy) is 3. The van der Waals surface area contributed by atoms with E-state index >= 15 is 0 Å². The number of aliphatic imine (C=N–C) groups is 1. The number of hydrogen-bond acceptors (Lipinski definition) is 22. The molecule has 3 fully saturated rings. The second-order valence-electron chi connectivity index (χ2n) is 16.7. The van der Waals surface area contributed by atoms with Crippen LogP contribution in [0.1, 0.15) is 115 Å². The van der Waals surface area contributed by atoms with Crippen LogP contribution in [0.4, 0.5) is 0 Å². The third kappa shape index (κ3) is 32.1. The number of hydrogen-bond donors (Lipinski definition) is 4. The number of carbonyl (C=O) groups excluding carboxylic acids is 5. The number of nitrogens with two attached hydrogens (primary N) is 2. The van der Waals surface area contributed by atoms with Crippen molar-refractivity contribution in [3.8, 4) is 17.6 Å². The molecule has 3 aromatic heterocycles. The number of pyridine rings is 3. The third-order valence-corrected chi connectivity index (χ3v) is 13.3. The molecule has 6 N–H and O–H groups in total. The van der Waals surface area contributed by atoms with E-state index in [4.69, 9.17) is 55.5 Å². The SMILES string of the molecule is CC(=O)OOC(C)=O.CC(=O)[O-].COc1nc(/C(N)=N/O)ccc1Br.COc1nc(/C(N)=N/OCC(=O)C2CCCC2)ccc1Br.COc1nc(C2=NC(C3CCCC3)CON2)ccc1Br.CP=S.O=C(CBr)C1CCCC1.[B].[Na+]. The van der Waals surface area contributed by atoms with Gasteiger partial charge in [0.2, 0.25) is 17.6 Å². The number of aliphatic carboxylic acids is 1. The molecule has 80 heavy (non-hydrogen) atoms. The Balaban J connectivity index is 0. The fraction of sp³-hybridized carbons (Fsp3) is 0.531. The van der Waals surface area contributed by atoms with Crippen LogP contribution in [0.3, 0.4) is 0 Å². The van der Waals surface area contributed by atoms with Crippen LogP contribution in [0.15, 0.2) is 65.1 Å². The minimum Gasteiger partial charge on any atom is -0.550 e. The van der Waals surface area contributed by atoms with Crippen molar-refractivity contribution in [2.24, 2.45) is 44.5 Å².